The van der Waals surface area contributed by atoms with Gasteiger partial charge >= 0.3 is 6.09 Å². The fraction of sp³-hybridized carbons (Fsp3) is 0.286. The summed E-state index contributed by atoms with van der Waals surface area (Å²) in [7, 11) is 0. The monoisotopic (exact) mass is 417 g/mol. The predicted molar refractivity (Wildman–Crippen MR) is 103 cm³/mol. The molecule has 1 aliphatic heterocycles. The minimum Gasteiger partial charge on any atom is -0.437 e. The summed E-state index contributed by atoms with van der Waals surface area (Å²) in [6.45, 7) is 6.34. The van der Waals surface area contributed by atoms with Gasteiger partial charge in [-0.15, -0.1) is 6.58 Å². The van der Waals surface area contributed by atoms with Gasteiger partial charge in [-0.05, 0) is 42.3 Å². The summed E-state index contributed by atoms with van der Waals surface area (Å²) in [6.07, 6.45) is 2.49. The molecule has 1 heterocycles. The Morgan fingerprint density at radius 3 is 2.50 bits per heavy atom. The Morgan fingerprint density at radius 2 is 1.92 bits per heavy atom. The van der Waals surface area contributed by atoms with Crippen LogP contribution in [0.15, 0.2) is 65.7 Å². The van der Waals surface area contributed by atoms with Crippen LogP contribution in [0.5, 0.6) is 0 Å². The molecule has 3 rings (SSSR count). The number of hydrogen-bond donors (Lipinski definition) is 0. The van der Waals surface area contributed by atoms with Gasteiger partial charge in [-0.1, -0.05) is 46.3 Å². The fourth-order valence-corrected chi connectivity index (χ4v) is 3.66. The molecule has 2 aromatic rings. The maximum absolute atomic E-state index is 13.3. The first-order valence-electron chi connectivity index (χ1n) is 8.57. The second-order valence-electron chi connectivity index (χ2n) is 6.53. The Morgan fingerprint density at radius 1 is 1.27 bits per heavy atom. The molecular weight excluding hydrogens is 397 g/mol. The standard InChI is InChI=1S/C21H21BrFNO2/c1-3-12-21(17-6-10-19(23)11-7-17)13-14-24(20(25)26-21)15(2)16-4-8-18(22)9-5-16/h3-11,15H,1,12-14H2,2H3/t15-,21+/m1/s1. The van der Waals surface area contributed by atoms with E-state index in [1.54, 1.807) is 23.1 Å². The summed E-state index contributed by atoms with van der Waals surface area (Å²) in [4.78, 5) is 14.5. The molecule has 2 atom stereocenters. The Labute approximate surface area is 161 Å². The van der Waals surface area contributed by atoms with E-state index in [1.807, 2.05) is 31.2 Å². The molecule has 1 saturated heterocycles. The van der Waals surface area contributed by atoms with Crippen molar-refractivity contribution in [3.8, 4) is 0 Å². The van der Waals surface area contributed by atoms with Crippen LogP contribution in [0.2, 0.25) is 0 Å². The summed E-state index contributed by atoms with van der Waals surface area (Å²) in [5.74, 6) is -0.310. The number of carbonyl (C=O) groups is 1. The van der Waals surface area contributed by atoms with Gasteiger partial charge in [0.05, 0.1) is 6.04 Å². The second-order valence-corrected chi connectivity index (χ2v) is 7.45. The molecular formula is C21H21BrFNO2. The van der Waals surface area contributed by atoms with Crippen LogP contribution < -0.4 is 0 Å². The van der Waals surface area contributed by atoms with Crippen molar-refractivity contribution in [2.24, 2.45) is 0 Å². The van der Waals surface area contributed by atoms with Gasteiger partial charge in [-0.2, -0.15) is 0 Å². The van der Waals surface area contributed by atoms with Crippen LogP contribution in [0.25, 0.3) is 0 Å². The molecule has 1 aliphatic rings. The van der Waals surface area contributed by atoms with Crippen molar-refractivity contribution >= 4 is 22.0 Å². The highest BCUT2D eigenvalue weighted by atomic mass is 79.9. The lowest BCUT2D eigenvalue weighted by Crippen LogP contribution is -2.48. The minimum atomic E-state index is -0.789. The SMILES string of the molecule is C=CC[C@@]1(c2ccc(F)cc2)CCN([C@H](C)c2ccc(Br)cc2)C(=O)O1. The van der Waals surface area contributed by atoms with Gasteiger partial charge in [0.2, 0.25) is 0 Å². The predicted octanol–water partition coefficient (Wildman–Crippen LogP) is 5.96. The molecule has 5 heteroatoms. The van der Waals surface area contributed by atoms with Crippen molar-refractivity contribution in [3.63, 3.8) is 0 Å². The molecule has 136 valence electrons. The zero-order valence-electron chi connectivity index (χ0n) is 14.6. The molecule has 2 aromatic carbocycles. The number of amides is 1. The average Bonchev–Trinajstić information content (AvgIpc) is 2.63. The van der Waals surface area contributed by atoms with Gasteiger partial charge in [0.1, 0.15) is 11.4 Å². The molecule has 0 bridgehead atoms. The fourth-order valence-electron chi connectivity index (χ4n) is 3.39. The van der Waals surface area contributed by atoms with E-state index in [9.17, 15) is 9.18 Å². The molecule has 3 nitrogen and oxygen atoms in total. The van der Waals surface area contributed by atoms with Gasteiger partial charge in [0, 0.05) is 23.9 Å². The van der Waals surface area contributed by atoms with Gasteiger partial charge in [0.25, 0.3) is 0 Å². The van der Waals surface area contributed by atoms with Gasteiger partial charge < -0.3 is 9.64 Å². The van der Waals surface area contributed by atoms with Crippen LogP contribution in [-0.4, -0.2) is 17.5 Å². The van der Waals surface area contributed by atoms with Gasteiger partial charge in [-0.3, -0.25) is 0 Å². The highest BCUT2D eigenvalue weighted by Gasteiger charge is 2.42. The molecule has 0 saturated carbocycles. The van der Waals surface area contributed by atoms with Crippen LogP contribution in [-0.2, 0) is 10.3 Å². The third kappa shape index (κ3) is 3.68. The van der Waals surface area contributed by atoms with Crippen molar-refractivity contribution in [2.45, 2.75) is 31.4 Å². The second kappa shape index (κ2) is 7.62. The van der Waals surface area contributed by atoms with E-state index < -0.39 is 5.60 Å². The molecule has 0 spiro atoms. The van der Waals surface area contributed by atoms with Crippen molar-refractivity contribution in [2.75, 3.05) is 6.54 Å². The molecule has 0 aromatic heterocycles. The Kier molecular flexibility index (Phi) is 5.47. The number of ether oxygens (including phenoxy) is 1. The van der Waals surface area contributed by atoms with E-state index >= 15 is 0 Å². The number of cyclic esters (lactones) is 1. The first-order chi connectivity index (χ1) is 12.4. The van der Waals surface area contributed by atoms with E-state index in [4.69, 9.17) is 4.74 Å². The van der Waals surface area contributed by atoms with Gasteiger partial charge in [-0.25, -0.2) is 9.18 Å². The number of nitrogens with zero attached hydrogens (tertiary/aromatic N) is 1. The maximum Gasteiger partial charge on any atom is 0.411 e. The van der Waals surface area contributed by atoms with E-state index in [1.165, 1.54) is 12.1 Å². The van der Waals surface area contributed by atoms with Crippen LogP contribution in [0, 0.1) is 5.82 Å². The highest BCUT2D eigenvalue weighted by molar-refractivity contribution is 9.10. The molecule has 0 radical (unpaired) electrons. The Bertz CT molecular complexity index is 791. The largest absolute Gasteiger partial charge is 0.437 e. The van der Waals surface area contributed by atoms with E-state index in [-0.39, 0.29) is 18.0 Å². The van der Waals surface area contributed by atoms with Gasteiger partial charge in [0.15, 0.2) is 0 Å². The van der Waals surface area contributed by atoms with Crippen molar-refractivity contribution < 1.29 is 13.9 Å². The quantitative estimate of drug-likeness (QED) is 0.561. The molecule has 0 unspecified atom stereocenters. The molecule has 26 heavy (non-hydrogen) atoms. The van der Waals surface area contributed by atoms with Crippen LogP contribution in [0.4, 0.5) is 9.18 Å². The Balaban J connectivity index is 1.83. The summed E-state index contributed by atoms with van der Waals surface area (Å²) in [5.41, 5.74) is 1.05. The number of halogens is 2. The lowest BCUT2D eigenvalue weighted by atomic mass is 9.85. The maximum atomic E-state index is 13.3. The smallest absolute Gasteiger partial charge is 0.411 e. The number of benzene rings is 2. The summed E-state index contributed by atoms with van der Waals surface area (Å²) in [6, 6.07) is 14.0. The van der Waals surface area contributed by atoms with Crippen LogP contribution >= 0.6 is 15.9 Å². The van der Waals surface area contributed by atoms with E-state index in [0.29, 0.717) is 19.4 Å². The average molecular weight is 418 g/mol. The number of hydrogen-bond acceptors (Lipinski definition) is 2. The zero-order valence-corrected chi connectivity index (χ0v) is 16.2. The summed E-state index contributed by atoms with van der Waals surface area (Å²) >= 11 is 3.42. The minimum absolute atomic E-state index is 0.0921. The summed E-state index contributed by atoms with van der Waals surface area (Å²) in [5, 5.41) is 0. The zero-order chi connectivity index (χ0) is 18.7. The lowest BCUT2D eigenvalue weighted by Gasteiger charge is -2.43. The topological polar surface area (TPSA) is 29.5 Å². The van der Waals surface area contributed by atoms with Crippen molar-refractivity contribution in [1.29, 1.82) is 0 Å². The lowest BCUT2D eigenvalue weighted by molar-refractivity contribution is -0.0588. The third-order valence-corrected chi connectivity index (χ3v) is 5.47. The molecule has 0 aliphatic carbocycles. The molecule has 0 N–H and O–H groups in total. The van der Waals surface area contributed by atoms with Crippen molar-refractivity contribution in [1.82, 2.24) is 4.90 Å². The van der Waals surface area contributed by atoms with Crippen LogP contribution in [0.1, 0.15) is 36.9 Å². The van der Waals surface area contributed by atoms with E-state index in [0.717, 1.165) is 15.6 Å². The normalized spacial score (nSPS) is 21.2. The van der Waals surface area contributed by atoms with Crippen molar-refractivity contribution in [3.05, 3.63) is 82.6 Å². The number of carbonyl (C=O) groups excluding carboxylic acids is 1. The van der Waals surface area contributed by atoms with E-state index in [2.05, 4.69) is 22.5 Å². The molecule has 1 fully saturated rings. The van der Waals surface area contributed by atoms with Crippen LogP contribution in [0.3, 0.4) is 0 Å². The summed E-state index contributed by atoms with van der Waals surface area (Å²) < 4.78 is 20.2. The molecule has 1 amide bonds. The number of rotatable bonds is 5. The first kappa shape index (κ1) is 18.6. The third-order valence-electron chi connectivity index (χ3n) is 4.94. The first-order valence-corrected chi connectivity index (χ1v) is 9.36. The Hall–Kier alpha value is -2.14. The highest BCUT2D eigenvalue weighted by Crippen LogP contribution is 2.39.